The SMILES string of the molecule is N#Cc1ccc2c(c1)c1cc(-c3ccc4c(c3)Oc3ccccc3C4(c3ccccc3)c3ccccc3)ccc1n2-c1ccccc1. The predicted molar refractivity (Wildman–Crippen MR) is 189 cm³/mol. The summed E-state index contributed by atoms with van der Waals surface area (Å²) in [5.41, 5.74) is 10.1. The Hall–Kier alpha value is -6.37. The molecule has 9 rings (SSSR count). The fourth-order valence-corrected chi connectivity index (χ4v) is 7.52. The van der Waals surface area contributed by atoms with Gasteiger partial charge in [-0.05, 0) is 76.9 Å². The minimum atomic E-state index is -0.550. The van der Waals surface area contributed by atoms with Crippen LogP contribution in [0.2, 0.25) is 0 Å². The zero-order valence-electron chi connectivity index (χ0n) is 25.5. The molecule has 1 aromatic heterocycles. The average Bonchev–Trinajstić information content (AvgIpc) is 3.47. The van der Waals surface area contributed by atoms with E-state index in [-0.39, 0.29) is 0 Å². The van der Waals surface area contributed by atoms with Crippen molar-refractivity contribution in [1.82, 2.24) is 4.57 Å². The van der Waals surface area contributed by atoms with Crippen molar-refractivity contribution in [2.75, 3.05) is 0 Å². The standard InChI is InChI=1S/C44H28N2O/c45-29-30-20-24-40-36(26-30)37-27-31(22-25-41(37)46(40)35-16-8-3-9-17-35)32-21-23-39-43(28-32)47-42-19-11-10-18-38(42)44(39,33-12-4-1-5-13-33)34-14-6-2-7-15-34/h1-28H. The lowest BCUT2D eigenvalue weighted by atomic mass is 9.63. The largest absolute Gasteiger partial charge is 0.457 e. The minimum absolute atomic E-state index is 0.550. The third kappa shape index (κ3) is 4.06. The number of hydrogen-bond donors (Lipinski definition) is 0. The molecular weight excluding hydrogens is 572 g/mol. The van der Waals surface area contributed by atoms with Gasteiger partial charge in [0.15, 0.2) is 0 Å². The highest BCUT2D eigenvalue weighted by molar-refractivity contribution is 6.11. The van der Waals surface area contributed by atoms with E-state index in [2.05, 4.69) is 156 Å². The molecule has 0 aliphatic carbocycles. The highest BCUT2D eigenvalue weighted by Crippen LogP contribution is 2.55. The number of benzene rings is 7. The van der Waals surface area contributed by atoms with Gasteiger partial charge in [-0.25, -0.2) is 0 Å². The molecule has 220 valence electrons. The first kappa shape index (κ1) is 27.0. The summed E-state index contributed by atoms with van der Waals surface area (Å²) in [6.07, 6.45) is 0. The van der Waals surface area contributed by atoms with E-state index in [0.717, 1.165) is 61.2 Å². The lowest BCUT2D eigenvalue weighted by Crippen LogP contribution is -2.34. The molecule has 0 bridgehead atoms. The number of fused-ring (bicyclic) bond motifs is 5. The molecule has 0 radical (unpaired) electrons. The monoisotopic (exact) mass is 600 g/mol. The first-order chi connectivity index (χ1) is 23.3. The van der Waals surface area contributed by atoms with Gasteiger partial charge in [0.25, 0.3) is 0 Å². The van der Waals surface area contributed by atoms with Crippen LogP contribution in [0.15, 0.2) is 170 Å². The summed E-state index contributed by atoms with van der Waals surface area (Å²) >= 11 is 0. The number of aromatic nitrogens is 1. The smallest absolute Gasteiger partial charge is 0.132 e. The van der Waals surface area contributed by atoms with Crippen molar-refractivity contribution in [3.05, 3.63) is 198 Å². The molecule has 0 N–H and O–H groups in total. The van der Waals surface area contributed by atoms with E-state index < -0.39 is 5.41 Å². The van der Waals surface area contributed by atoms with Gasteiger partial charge in [0.05, 0.1) is 28.1 Å². The van der Waals surface area contributed by atoms with E-state index in [1.807, 2.05) is 24.3 Å². The van der Waals surface area contributed by atoms with Crippen molar-refractivity contribution in [3.8, 4) is 34.4 Å². The maximum atomic E-state index is 9.74. The fraction of sp³-hybridized carbons (Fsp3) is 0.0227. The van der Waals surface area contributed by atoms with Gasteiger partial charge >= 0.3 is 0 Å². The normalized spacial score (nSPS) is 13.0. The summed E-state index contributed by atoms with van der Waals surface area (Å²) in [5.74, 6) is 1.70. The Morgan fingerprint density at radius 2 is 1.04 bits per heavy atom. The fourth-order valence-electron chi connectivity index (χ4n) is 7.52. The van der Waals surface area contributed by atoms with E-state index in [1.54, 1.807) is 0 Å². The Labute approximate surface area is 273 Å². The molecule has 7 aromatic carbocycles. The van der Waals surface area contributed by atoms with E-state index in [9.17, 15) is 5.26 Å². The molecule has 3 nitrogen and oxygen atoms in total. The minimum Gasteiger partial charge on any atom is -0.457 e. The van der Waals surface area contributed by atoms with Crippen molar-refractivity contribution in [2.45, 2.75) is 5.41 Å². The number of ether oxygens (including phenoxy) is 1. The molecule has 47 heavy (non-hydrogen) atoms. The van der Waals surface area contributed by atoms with E-state index >= 15 is 0 Å². The second-order valence-corrected chi connectivity index (χ2v) is 12.0. The van der Waals surface area contributed by atoms with E-state index in [0.29, 0.717) is 5.56 Å². The van der Waals surface area contributed by atoms with Gasteiger partial charge in [-0.1, -0.05) is 115 Å². The maximum Gasteiger partial charge on any atom is 0.132 e. The van der Waals surface area contributed by atoms with E-state index in [4.69, 9.17) is 4.74 Å². The van der Waals surface area contributed by atoms with Gasteiger partial charge in [-0.2, -0.15) is 5.26 Å². The van der Waals surface area contributed by atoms with Crippen molar-refractivity contribution < 1.29 is 4.74 Å². The van der Waals surface area contributed by atoms with Crippen LogP contribution >= 0.6 is 0 Å². The van der Waals surface area contributed by atoms with Crippen LogP contribution in [0, 0.1) is 11.3 Å². The molecule has 1 aliphatic rings. The third-order valence-corrected chi connectivity index (χ3v) is 9.55. The molecule has 0 unspecified atom stereocenters. The summed E-state index contributed by atoms with van der Waals surface area (Å²) in [6.45, 7) is 0. The zero-order valence-corrected chi connectivity index (χ0v) is 25.5. The number of rotatable bonds is 4. The third-order valence-electron chi connectivity index (χ3n) is 9.55. The molecule has 0 spiro atoms. The van der Waals surface area contributed by atoms with Crippen molar-refractivity contribution >= 4 is 21.8 Å². The second-order valence-electron chi connectivity index (χ2n) is 12.0. The quantitative estimate of drug-likeness (QED) is 0.202. The van der Waals surface area contributed by atoms with Gasteiger partial charge < -0.3 is 9.30 Å². The van der Waals surface area contributed by atoms with Crippen LogP contribution in [0.4, 0.5) is 0 Å². The van der Waals surface area contributed by atoms with Crippen LogP contribution < -0.4 is 4.74 Å². The van der Waals surface area contributed by atoms with Crippen LogP contribution in [0.25, 0.3) is 38.6 Å². The zero-order chi connectivity index (χ0) is 31.4. The first-order valence-electron chi connectivity index (χ1n) is 15.8. The highest BCUT2D eigenvalue weighted by Gasteiger charge is 2.45. The molecule has 0 saturated carbocycles. The number of nitrogens with zero attached hydrogens (tertiary/aromatic N) is 2. The lowest BCUT2D eigenvalue weighted by molar-refractivity contribution is 0.435. The molecule has 0 fully saturated rings. The Morgan fingerprint density at radius 1 is 0.489 bits per heavy atom. The summed E-state index contributed by atoms with van der Waals surface area (Å²) in [4.78, 5) is 0. The van der Waals surface area contributed by atoms with Gasteiger partial charge in [0.2, 0.25) is 0 Å². The molecular formula is C44H28N2O. The summed E-state index contributed by atoms with van der Waals surface area (Å²) in [7, 11) is 0. The van der Waals surface area contributed by atoms with Gasteiger partial charge in [-0.3, -0.25) is 0 Å². The van der Waals surface area contributed by atoms with Crippen LogP contribution in [-0.4, -0.2) is 4.57 Å². The number of para-hydroxylation sites is 2. The second kappa shape index (κ2) is 10.6. The predicted octanol–water partition coefficient (Wildman–Crippen LogP) is 10.8. The van der Waals surface area contributed by atoms with Gasteiger partial charge in [0.1, 0.15) is 11.5 Å². The van der Waals surface area contributed by atoms with Crippen LogP contribution in [0.5, 0.6) is 11.5 Å². The molecule has 1 aliphatic heterocycles. The molecule has 2 heterocycles. The Bertz CT molecular complexity index is 2450. The molecule has 0 saturated heterocycles. The van der Waals surface area contributed by atoms with Crippen molar-refractivity contribution in [2.24, 2.45) is 0 Å². The topological polar surface area (TPSA) is 37.9 Å². The lowest BCUT2D eigenvalue weighted by Gasteiger charge is -2.41. The highest BCUT2D eigenvalue weighted by atomic mass is 16.5. The van der Waals surface area contributed by atoms with Crippen molar-refractivity contribution in [1.29, 1.82) is 5.26 Å². The van der Waals surface area contributed by atoms with Crippen LogP contribution in [0.3, 0.4) is 0 Å². The molecule has 0 amide bonds. The Morgan fingerprint density at radius 3 is 1.74 bits per heavy atom. The van der Waals surface area contributed by atoms with Crippen molar-refractivity contribution in [3.63, 3.8) is 0 Å². The summed E-state index contributed by atoms with van der Waals surface area (Å²) in [5, 5.41) is 11.9. The molecule has 0 atom stereocenters. The number of hydrogen-bond acceptors (Lipinski definition) is 2. The Kier molecular flexibility index (Phi) is 6.10. The average molecular weight is 601 g/mol. The Balaban J connectivity index is 1.27. The summed E-state index contributed by atoms with van der Waals surface area (Å²) in [6, 6.07) is 61.8. The summed E-state index contributed by atoms with van der Waals surface area (Å²) < 4.78 is 9.02. The van der Waals surface area contributed by atoms with Crippen LogP contribution in [-0.2, 0) is 5.41 Å². The number of nitriles is 1. The first-order valence-corrected chi connectivity index (χ1v) is 15.8. The molecule has 8 aromatic rings. The van der Waals surface area contributed by atoms with Gasteiger partial charge in [0, 0.05) is 27.6 Å². The van der Waals surface area contributed by atoms with Gasteiger partial charge in [-0.15, -0.1) is 0 Å². The van der Waals surface area contributed by atoms with E-state index in [1.165, 1.54) is 11.1 Å². The van der Waals surface area contributed by atoms with Crippen LogP contribution in [0.1, 0.15) is 27.8 Å². The maximum absolute atomic E-state index is 9.74. The molecule has 3 heteroatoms.